The number of nitrogens with zero attached hydrogens (tertiary/aromatic N) is 4. The van der Waals surface area contributed by atoms with Crippen molar-refractivity contribution < 1.29 is 5.11 Å². The molecule has 0 spiro atoms. The highest BCUT2D eigenvalue weighted by molar-refractivity contribution is 5.73. The number of nitrogen functional groups attached to an aromatic ring is 1. The van der Waals surface area contributed by atoms with Crippen molar-refractivity contribution in [3.8, 4) is 0 Å². The molecule has 2 aromatic rings. The van der Waals surface area contributed by atoms with Crippen LogP contribution in [0, 0.1) is 5.92 Å². The van der Waals surface area contributed by atoms with E-state index in [1.807, 2.05) is 10.8 Å². The van der Waals surface area contributed by atoms with Gasteiger partial charge < -0.3 is 10.8 Å². The molecule has 2 aromatic heterocycles. The van der Waals surface area contributed by atoms with Gasteiger partial charge in [-0.1, -0.05) is 0 Å². The average Bonchev–Trinajstić information content (AvgIpc) is 2.93. The highest BCUT2D eigenvalue weighted by atomic mass is 16.3. The van der Waals surface area contributed by atoms with E-state index >= 15 is 0 Å². The highest BCUT2D eigenvalue weighted by Gasteiger charge is 2.28. The number of fused-ring (bicyclic) bond motifs is 1. The summed E-state index contributed by atoms with van der Waals surface area (Å²) >= 11 is 0. The lowest BCUT2D eigenvalue weighted by atomic mass is 10.4. The summed E-state index contributed by atoms with van der Waals surface area (Å²) in [5.41, 5.74) is 8.15. The minimum Gasteiger partial charge on any atom is -0.396 e. The summed E-state index contributed by atoms with van der Waals surface area (Å²) in [6.07, 6.45) is 6.17. The molecule has 0 amide bonds. The second-order valence-electron chi connectivity index (χ2n) is 3.88. The Bertz CT molecular complexity index is 574. The Morgan fingerprint density at radius 2 is 2.44 bits per heavy atom. The first-order valence-corrected chi connectivity index (χ1v) is 5.04. The van der Waals surface area contributed by atoms with Crippen LogP contribution in [0.2, 0.25) is 0 Å². The topological polar surface area (TPSA) is 89.8 Å². The van der Waals surface area contributed by atoms with E-state index in [0.29, 0.717) is 17.1 Å². The molecule has 3 N–H and O–H groups in total. The number of nitrogens with two attached hydrogens (primary N) is 1. The minimum atomic E-state index is 0.204. The number of hydrogen-bond acceptors (Lipinski definition) is 5. The predicted molar refractivity (Wildman–Crippen MR) is 59.2 cm³/mol. The zero-order valence-corrected chi connectivity index (χ0v) is 8.54. The fourth-order valence-electron chi connectivity index (χ4n) is 1.68. The maximum Gasteiger partial charge on any atom is 0.222 e. The second kappa shape index (κ2) is 3.28. The van der Waals surface area contributed by atoms with Gasteiger partial charge in [0.15, 0.2) is 5.65 Å². The largest absolute Gasteiger partial charge is 0.396 e. The van der Waals surface area contributed by atoms with Gasteiger partial charge in [-0.2, -0.15) is 4.98 Å². The molecule has 1 saturated carbocycles. The molecule has 0 saturated heterocycles. The van der Waals surface area contributed by atoms with Crippen molar-refractivity contribution in [1.29, 1.82) is 0 Å². The van der Waals surface area contributed by atoms with Crippen LogP contribution in [0.4, 0.5) is 5.95 Å². The Morgan fingerprint density at radius 3 is 3.19 bits per heavy atom. The Balaban J connectivity index is 2.05. The van der Waals surface area contributed by atoms with Crippen LogP contribution in [0.1, 0.15) is 6.42 Å². The summed E-state index contributed by atoms with van der Waals surface area (Å²) in [7, 11) is 0. The van der Waals surface area contributed by atoms with Crippen molar-refractivity contribution in [1.82, 2.24) is 19.5 Å². The van der Waals surface area contributed by atoms with E-state index in [-0.39, 0.29) is 12.6 Å². The van der Waals surface area contributed by atoms with Crippen LogP contribution in [-0.2, 0) is 0 Å². The van der Waals surface area contributed by atoms with Gasteiger partial charge in [0.25, 0.3) is 0 Å². The van der Waals surface area contributed by atoms with Gasteiger partial charge in [0, 0.05) is 18.7 Å². The van der Waals surface area contributed by atoms with Crippen LogP contribution >= 0.6 is 0 Å². The average molecular weight is 217 g/mol. The molecule has 0 radical (unpaired) electrons. The molecular formula is C10H11N5O. The van der Waals surface area contributed by atoms with Crippen LogP contribution in [-0.4, -0.2) is 31.2 Å². The quantitative estimate of drug-likeness (QED) is 0.753. The van der Waals surface area contributed by atoms with Crippen LogP contribution in [0.3, 0.4) is 0 Å². The second-order valence-corrected chi connectivity index (χ2v) is 3.88. The van der Waals surface area contributed by atoms with Gasteiger partial charge in [0.05, 0.1) is 6.20 Å². The maximum atomic E-state index is 8.95. The number of aromatic nitrogens is 4. The Labute approximate surface area is 91.5 Å². The van der Waals surface area contributed by atoms with Crippen LogP contribution < -0.4 is 5.73 Å². The fourth-order valence-corrected chi connectivity index (χ4v) is 1.68. The first-order chi connectivity index (χ1) is 7.78. The van der Waals surface area contributed by atoms with Crippen LogP contribution in [0.5, 0.6) is 0 Å². The molecule has 3 rings (SSSR count). The van der Waals surface area contributed by atoms with E-state index in [4.69, 9.17) is 10.8 Å². The molecule has 1 aliphatic carbocycles. The third-order valence-corrected chi connectivity index (χ3v) is 2.71. The summed E-state index contributed by atoms with van der Waals surface area (Å²) in [5, 5.41) is 8.95. The van der Waals surface area contributed by atoms with Gasteiger partial charge in [0.2, 0.25) is 5.95 Å². The molecule has 2 heterocycles. The first kappa shape index (κ1) is 9.29. The van der Waals surface area contributed by atoms with Gasteiger partial charge in [-0.05, 0) is 12.0 Å². The van der Waals surface area contributed by atoms with E-state index in [1.54, 1.807) is 12.5 Å². The predicted octanol–water partition coefficient (Wildman–Crippen LogP) is 0.262. The van der Waals surface area contributed by atoms with Crippen molar-refractivity contribution in [2.75, 3.05) is 12.3 Å². The Hall–Kier alpha value is -1.95. The molecule has 1 unspecified atom stereocenters. The van der Waals surface area contributed by atoms with Crippen LogP contribution in [0.25, 0.3) is 17.4 Å². The van der Waals surface area contributed by atoms with E-state index in [0.717, 1.165) is 6.42 Å². The first-order valence-electron chi connectivity index (χ1n) is 5.04. The fraction of sp³-hybridized carbons (Fsp3) is 0.300. The smallest absolute Gasteiger partial charge is 0.222 e. The summed E-state index contributed by atoms with van der Waals surface area (Å²) in [6, 6.07) is 0. The van der Waals surface area contributed by atoms with E-state index < -0.39 is 0 Å². The van der Waals surface area contributed by atoms with Crippen molar-refractivity contribution >= 4 is 23.3 Å². The summed E-state index contributed by atoms with van der Waals surface area (Å²) in [4.78, 5) is 12.2. The third-order valence-electron chi connectivity index (χ3n) is 2.71. The van der Waals surface area contributed by atoms with E-state index in [9.17, 15) is 0 Å². The molecule has 1 aliphatic rings. The number of rotatable bonds is 2. The number of imidazole rings is 1. The third kappa shape index (κ3) is 1.43. The molecule has 0 bridgehead atoms. The van der Waals surface area contributed by atoms with Crippen LogP contribution in [0.15, 0.2) is 18.1 Å². The lowest BCUT2D eigenvalue weighted by Crippen LogP contribution is -1.96. The summed E-state index contributed by atoms with van der Waals surface area (Å²) in [5.74, 6) is 0.541. The molecular weight excluding hydrogens is 206 g/mol. The zero-order chi connectivity index (χ0) is 11.1. The van der Waals surface area contributed by atoms with Crippen molar-refractivity contribution in [2.24, 2.45) is 5.92 Å². The van der Waals surface area contributed by atoms with Gasteiger partial charge >= 0.3 is 0 Å². The van der Waals surface area contributed by atoms with Crippen molar-refractivity contribution in [3.05, 3.63) is 18.1 Å². The molecule has 0 aliphatic heterocycles. The minimum absolute atomic E-state index is 0.204. The van der Waals surface area contributed by atoms with Gasteiger partial charge in [-0.15, -0.1) is 0 Å². The number of anilines is 1. The molecule has 82 valence electrons. The van der Waals surface area contributed by atoms with Gasteiger partial charge in [0.1, 0.15) is 11.8 Å². The zero-order valence-electron chi connectivity index (χ0n) is 8.54. The molecule has 1 atom stereocenters. The summed E-state index contributed by atoms with van der Waals surface area (Å²) in [6.45, 7) is 0.204. The Morgan fingerprint density at radius 1 is 1.56 bits per heavy atom. The lowest BCUT2D eigenvalue weighted by Gasteiger charge is -1.95. The molecule has 0 aromatic carbocycles. The number of aliphatic hydroxyl groups excluding tert-OH is 1. The monoisotopic (exact) mass is 217 g/mol. The number of hydrogen-bond donors (Lipinski definition) is 2. The lowest BCUT2D eigenvalue weighted by molar-refractivity contribution is 0.281. The highest BCUT2D eigenvalue weighted by Crippen LogP contribution is 2.37. The van der Waals surface area contributed by atoms with Gasteiger partial charge in [-0.25, -0.2) is 9.97 Å². The maximum absolute atomic E-state index is 8.95. The molecule has 6 heteroatoms. The Kier molecular flexibility index (Phi) is 1.90. The van der Waals surface area contributed by atoms with E-state index in [2.05, 4.69) is 15.0 Å². The molecule has 1 fully saturated rings. The normalized spacial score (nSPS) is 21.8. The number of aliphatic hydroxyl groups is 1. The molecule has 16 heavy (non-hydrogen) atoms. The van der Waals surface area contributed by atoms with Crippen molar-refractivity contribution in [3.63, 3.8) is 0 Å². The van der Waals surface area contributed by atoms with E-state index in [1.165, 1.54) is 5.57 Å². The molecule has 6 nitrogen and oxygen atoms in total. The SMILES string of the molecule is Nc1ncc2ncn(C=C3CC3CO)c2n1. The van der Waals surface area contributed by atoms with Crippen molar-refractivity contribution in [2.45, 2.75) is 6.42 Å². The standard InChI is InChI=1S/C10H11N5O/c11-10-12-2-8-9(14-10)15(5-13-8)3-6-1-7(6)4-16/h2-3,5,7,16H,1,4H2,(H2,11,12,14). The van der Waals surface area contributed by atoms with Gasteiger partial charge in [-0.3, -0.25) is 4.57 Å². The summed E-state index contributed by atoms with van der Waals surface area (Å²) < 4.78 is 1.82.